The summed E-state index contributed by atoms with van der Waals surface area (Å²) < 4.78 is 0. The van der Waals surface area contributed by atoms with Crippen LogP contribution in [0.5, 0.6) is 5.75 Å². The van der Waals surface area contributed by atoms with Crippen molar-refractivity contribution in [1.82, 2.24) is 16.2 Å². The van der Waals surface area contributed by atoms with Crippen LogP contribution in [0.2, 0.25) is 0 Å². The molecule has 134 valence electrons. The minimum Gasteiger partial charge on any atom is -0.507 e. The number of hydrogen-bond donors (Lipinski definition) is 4. The van der Waals surface area contributed by atoms with Crippen LogP contribution in [0.15, 0.2) is 59.1 Å². The summed E-state index contributed by atoms with van der Waals surface area (Å²) in [5.74, 6) is -0.985. The first kappa shape index (κ1) is 17.7. The molecule has 0 aromatic heterocycles. The van der Waals surface area contributed by atoms with E-state index in [0.717, 1.165) is 0 Å². The van der Waals surface area contributed by atoms with Crippen LogP contribution in [0.4, 0.5) is 0 Å². The first-order valence-corrected chi connectivity index (χ1v) is 7.96. The molecule has 1 aliphatic rings. The number of phenolic OH excluding ortho intramolecular Hbond substituents is 1. The van der Waals surface area contributed by atoms with Gasteiger partial charge < -0.3 is 10.4 Å². The summed E-state index contributed by atoms with van der Waals surface area (Å²) in [5.41, 5.74) is 6.55. The van der Waals surface area contributed by atoms with Gasteiger partial charge in [0.05, 0.1) is 11.3 Å². The molecular weight excluding hydrogens is 346 g/mol. The van der Waals surface area contributed by atoms with Gasteiger partial charge in [0, 0.05) is 18.2 Å². The molecule has 0 unspecified atom stereocenters. The maximum Gasteiger partial charge on any atom is 0.273 e. The summed E-state index contributed by atoms with van der Waals surface area (Å²) in [6.45, 7) is 0. The molecule has 0 bridgehead atoms. The van der Waals surface area contributed by atoms with Gasteiger partial charge in [-0.05, 0) is 12.1 Å². The van der Waals surface area contributed by atoms with E-state index in [4.69, 9.17) is 0 Å². The minimum atomic E-state index is -0.558. The van der Waals surface area contributed by atoms with Gasteiger partial charge >= 0.3 is 0 Å². The zero-order valence-electron chi connectivity index (χ0n) is 14.3. The van der Waals surface area contributed by atoms with E-state index in [1.807, 2.05) is 6.07 Å². The van der Waals surface area contributed by atoms with Crippen molar-refractivity contribution in [3.8, 4) is 11.8 Å². The topological polar surface area (TPSA) is 127 Å². The summed E-state index contributed by atoms with van der Waals surface area (Å²) in [6, 6.07) is 15.0. The normalized spacial score (nSPS) is 13.7. The summed E-state index contributed by atoms with van der Waals surface area (Å²) in [7, 11) is 1.43. The number of para-hydroxylation sites is 1. The zero-order valence-corrected chi connectivity index (χ0v) is 14.3. The second kappa shape index (κ2) is 7.41. The molecule has 27 heavy (non-hydrogen) atoms. The molecule has 2 aromatic rings. The molecule has 2 amide bonds. The number of carbonyl (C=O) groups excluding carboxylic acids is 2. The third-order valence-electron chi connectivity index (χ3n) is 3.91. The van der Waals surface area contributed by atoms with E-state index < -0.39 is 11.8 Å². The lowest BCUT2D eigenvalue weighted by molar-refractivity contribution is -0.116. The van der Waals surface area contributed by atoms with Crippen LogP contribution in [0.3, 0.4) is 0 Å². The van der Waals surface area contributed by atoms with Gasteiger partial charge in [-0.25, -0.2) is 4.99 Å². The summed E-state index contributed by atoms with van der Waals surface area (Å²) in [6.07, 6.45) is 0. The molecule has 2 aromatic carbocycles. The van der Waals surface area contributed by atoms with Crippen LogP contribution in [0.25, 0.3) is 5.70 Å². The first-order chi connectivity index (χ1) is 13.1. The predicted octanol–water partition coefficient (Wildman–Crippen LogP) is 1.07. The van der Waals surface area contributed by atoms with Crippen LogP contribution < -0.4 is 16.2 Å². The molecule has 0 fully saturated rings. The van der Waals surface area contributed by atoms with E-state index in [2.05, 4.69) is 21.2 Å². The van der Waals surface area contributed by atoms with E-state index in [1.54, 1.807) is 36.4 Å². The van der Waals surface area contributed by atoms with Gasteiger partial charge in [0.15, 0.2) is 5.84 Å². The largest absolute Gasteiger partial charge is 0.507 e. The number of amidine groups is 1. The van der Waals surface area contributed by atoms with Gasteiger partial charge in [0.25, 0.3) is 11.8 Å². The fraction of sp³-hybridized carbons (Fsp3) is 0.0526. The van der Waals surface area contributed by atoms with Crippen molar-refractivity contribution in [2.75, 3.05) is 7.05 Å². The highest BCUT2D eigenvalue weighted by Crippen LogP contribution is 2.30. The number of nitrogens with one attached hydrogen (secondary N) is 3. The molecule has 0 saturated heterocycles. The van der Waals surface area contributed by atoms with Gasteiger partial charge in [0.1, 0.15) is 17.4 Å². The first-order valence-electron chi connectivity index (χ1n) is 7.96. The number of hydrogen-bond acceptors (Lipinski definition) is 6. The number of amides is 2. The second-order valence-corrected chi connectivity index (χ2v) is 5.52. The van der Waals surface area contributed by atoms with Crippen molar-refractivity contribution in [3.63, 3.8) is 0 Å². The Morgan fingerprint density at radius 1 is 1.07 bits per heavy atom. The third kappa shape index (κ3) is 3.34. The Hall–Kier alpha value is -4.12. The van der Waals surface area contributed by atoms with Gasteiger partial charge in [-0.1, -0.05) is 36.4 Å². The number of carbonyl (C=O) groups is 2. The lowest BCUT2D eigenvalue weighted by Gasteiger charge is -2.09. The number of aromatic hydroxyl groups is 1. The van der Waals surface area contributed by atoms with Crippen LogP contribution in [-0.2, 0) is 4.79 Å². The molecule has 0 radical (unpaired) electrons. The van der Waals surface area contributed by atoms with Gasteiger partial charge in [0.2, 0.25) is 0 Å². The summed E-state index contributed by atoms with van der Waals surface area (Å²) >= 11 is 0. The number of rotatable bonds is 2. The number of benzene rings is 2. The Kier molecular flexibility index (Phi) is 4.86. The molecule has 8 nitrogen and oxygen atoms in total. The third-order valence-corrected chi connectivity index (χ3v) is 3.91. The molecule has 0 spiro atoms. The summed E-state index contributed by atoms with van der Waals surface area (Å²) in [4.78, 5) is 28.5. The van der Waals surface area contributed by atoms with Gasteiger partial charge in [-0.3, -0.25) is 20.4 Å². The van der Waals surface area contributed by atoms with Crippen molar-refractivity contribution in [2.24, 2.45) is 4.99 Å². The fourth-order valence-corrected chi connectivity index (χ4v) is 2.60. The van der Waals surface area contributed by atoms with Crippen LogP contribution in [-0.4, -0.2) is 29.8 Å². The molecule has 1 heterocycles. The number of phenols is 1. The molecule has 0 atom stereocenters. The lowest BCUT2D eigenvalue weighted by Crippen LogP contribution is -2.41. The molecule has 1 aliphatic heterocycles. The predicted molar refractivity (Wildman–Crippen MR) is 98.3 cm³/mol. The van der Waals surface area contributed by atoms with Crippen molar-refractivity contribution < 1.29 is 14.7 Å². The van der Waals surface area contributed by atoms with Crippen LogP contribution in [0, 0.1) is 11.3 Å². The highest BCUT2D eigenvalue weighted by Gasteiger charge is 2.26. The number of fused-ring (bicyclic) bond motifs is 1. The molecule has 4 N–H and O–H groups in total. The van der Waals surface area contributed by atoms with E-state index in [-0.39, 0.29) is 28.4 Å². The maximum absolute atomic E-state index is 12.2. The Labute approximate surface area is 154 Å². The SMILES string of the molecule is CNC(=O)C(C#N)=C1N=C(NNC(=O)c2ccccc2O)c2ccccc21. The Morgan fingerprint density at radius 2 is 1.74 bits per heavy atom. The van der Waals surface area contributed by atoms with E-state index >= 15 is 0 Å². The van der Waals surface area contributed by atoms with Gasteiger partial charge in [-0.15, -0.1) is 0 Å². The van der Waals surface area contributed by atoms with Crippen molar-refractivity contribution in [2.45, 2.75) is 0 Å². The average molecular weight is 361 g/mol. The quantitative estimate of drug-likeness (QED) is 0.361. The van der Waals surface area contributed by atoms with E-state index in [9.17, 15) is 20.0 Å². The highest BCUT2D eigenvalue weighted by atomic mass is 16.3. The zero-order chi connectivity index (χ0) is 19.4. The number of hydrazine groups is 1. The molecule has 8 heteroatoms. The number of likely N-dealkylation sites (N-methyl/N-ethyl adjacent to an activating group) is 1. The van der Waals surface area contributed by atoms with E-state index in [0.29, 0.717) is 11.1 Å². The molecule has 3 rings (SSSR count). The smallest absolute Gasteiger partial charge is 0.273 e. The Bertz CT molecular complexity index is 1030. The summed E-state index contributed by atoms with van der Waals surface area (Å²) in [5, 5.41) is 21.5. The van der Waals surface area contributed by atoms with Crippen molar-refractivity contribution in [3.05, 3.63) is 70.8 Å². The number of aliphatic imine (C=N–C) groups is 1. The Balaban J connectivity index is 1.92. The molecule has 0 saturated carbocycles. The second-order valence-electron chi connectivity index (χ2n) is 5.52. The van der Waals surface area contributed by atoms with Crippen LogP contribution >= 0.6 is 0 Å². The average Bonchev–Trinajstić information content (AvgIpc) is 3.05. The van der Waals surface area contributed by atoms with E-state index in [1.165, 1.54) is 19.2 Å². The van der Waals surface area contributed by atoms with Crippen LogP contribution in [0.1, 0.15) is 21.5 Å². The molecular formula is C19H15N5O3. The minimum absolute atomic E-state index is 0.0933. The highest BCUT2D eigenvalue weighted by molar-refractivity contribution is 6.15. The fourth-order valence-electron chi connectivity index (χ4n) is 2.60. The number of nitriles is 1. The maximum atomic E-state index is 12.2. The number of nitrogens with zero attached hydrogens (tertiary/aromatic N) is 2. The Morgan fingerprint density at radius 3 is 2.41 bits per heavy atom. The van der Waals surface area contributed by atoms with Crippen molar-refractivity contribution >= 4 is 23.3 Å². The van der Waals surface area contributed by atoms with Crippen molar-refractivity contribution in [1.29, 1.82) is 5.26 Å². The standard InChI is InChI=1S/C19H15N5O3/c1-21-18(26)14(10-20)16-11-6-2-3-7-12(11)17(22-16)23-24-19(27)13-8-4-5-9-15(13)25/h2-9,25H,1H3,(H,21,26)(H,22,23)(H,24,27). The lowest BCUT2D eigenvalue weighted by atomic mass is 10.0. The molecule has 0 aliphatic carbocycles. The monoisotopic (exact) mass is 361 g/mol. The van der Waals surface area contributed by atoms with Gasteiger partial charge in [-0.2, -0.15) is 5.26 Å².